The van der Waals surface area contributed by atoms with Gasteiger partial charge in [0.1, 0.15) is 12.0 Å². The molecule has 4 nitrogen and oxygen atoms in total. The summed E-state index contributed by atoms with van der Waals surface area (Å²) in [5.41, 5.74) is 6.58. The molecule has 1 aromatic rings. The summed E-state index contributed by atoms with van der Waals surface area (Å²) in [6, 6.07) is 2.82. The molecule has 1 fully saturated rings. The average Bonchev–Trinajstić information content (AvgIpc) is 2.33. The predicted octanol–water partition coefficient (Wildman–Crippen LogP) is 2.34. The van der Waals surface area contributed by atoms with Crippen LogP contribution in [-0.2, 0) is 4.74 Å². The first kappa shape index (κ1) is 11.9. The molecule has 0 radical (unpaired) electrons. The number of nitrogen functional groups attached to an aromatic ring is 1. The number of rotatable bonds is 3. The molecule has 4 N–H and O–H groups in total. The van der Waals surface area contributed by atoms with Gasteiger partial charge in [-0.25, -0.2) is 4.39 Å². The van der Waals surface area contributed by atoms with Crippen molar-refractivity contribution in [2.75, 3.05) is 17.7 Å². The largest absolute Gasteiger partial charge is 0.399 e. The van der Waals surface area contributed by atoms with Crippen LogP contribution in [-0.4, -0.2) is 19.0 Å². The fourth-order valence-corrected chi connectivity index (χ4v) is 1.93. The zero-order valence-corrected chi connectivity index (χ0v) is 9.50. The number of benzene rings is 1. The van der Waals surface area contributed by atoms with E-state index in [1.165, 1.54) is 6.07 Å². The Balaban J connectivity index is 2.21. The van der Waals surface area contributed by atoms with Crippen molar-refractivity contribution in [2.24, 2.45) is 0 Å². The number of nitrogens with two attached hydrogens (primary N) is 1. The molecule has 1 unspecified atom stereocenters. The molecule has 0 saturated carbocycles. The first-order valence-corrected chi connectivity index (χ1v) is 5.68. The number of hydrogen-bond donors (Lipinski definition) is 3. The Morgan fingerprint density at radius 3 is 2.94 bits per heavy atom. The summed E-state index contributed by atoms with van der Waals surface area (Å²) in [7, 11) is 0. The van der Waals surface area contributed by atoms with Crippen LogP contribution in [0.15, 0.2) is 12.1 Å². The van der Waals surface area contributed by atoms with E-state index in [1.807, 2.05) is 0 Å². The van der Waals surface area contributed by atoms with E-state index in [0.717, 1.165) is 25.5 Å². The molecule has 0 amide bonds. The number of anilines is 2. The summed E-state index contributed by atoms with van der Waals surface area (Å²) in [4.78, 5) is 0. The Bertz CT molecular complexity index is 416. The SMILES string of the molecule is N=Cc1cc(N)cc(F)c1NC1CCCCO1. The van der Waals surface area contributed by atoms with E-state index < -0.39 is 5.82 Å². The monoisotopic (exact) mass is 237 g/mol. The summed E-state index contributed by atoms with van der Waals surface area (Å²) in [5.74, 6) is -0.447. The van der Waals surface area contributed by atoms with E-state index in [-0.39, 0.29) is 6.23 Å². The lowest BCUT2D eigenvalue weighted by molar-refractivity contribution is 0.0341. The predicted molar refractivity (Wildman–Crippen MR) is 65.9 cm³/mol. The van der Waals surface area contributed by atoms with E-state index in [1.54, 1.807) is 6.07 Å². The minimum Gasteiger partial charge on any atom is -0.399 e. The molecular weight excluding hydrogens is 221 g/mol. The van der Waals surface area contributed by atoms with Crippen molar-refractivity contribution in [2.45, 2.75) is 25.5 Å². The second-order valence-electron chi connectivity index (χ2n) is 4.11. The van der Waals surface area contributed by atoms with Gasteiger partial charge in [0, 0.05) is 24.1 Å². The molecule has 1 aliphatic heterocycles. The van der Waals surface area contributed by atoms with Crippen LogP contribution in [0.2, 0.25) is 0 Å². The van der Waals surface area contributed by atoms with Gasteiger partial charge in [-0.3, -0.25) is 0 Å². The second kappa shape index (κ2) is 5.14. The van der Waals surface area contributed by atoms with Crippen molar-refractivity contribution in [3.63, 3.8) is 0 Å². The van der Waals surface area contributed by atoms with Gasteiger partial charge in [-0.05, 0) is 31.4 Å². The standard InChI is InChI=1S/C12H16FN3O/c13-10-6-9(15)5-8(7-14)12(10)16-11-3-1-2-4-17-11/h5-7,11,14,16H,1-4,15H2. The van der Waals surface area contributed by atoms with E-state index in [0.29, 0.717) is 23.5 Å². The van der Waals surface area contributed by atoms with Crippen molar-refractivity contribution in [3.8, 4) is 0 Å². The van der Waals surface area contributed by atoms with Crippen molar-refractivity contribution in [1.82, 2.24) is 0 Å². The number of halogens is 1. The Hall–Kier alpha value is -1.62. The van der Waals surface area contributed by atoms with Crippen LogP contribution in [0.1, 0.15) is 24.8 Å². The van der Waals surface area contributed by atoms with Gasteiger partial charge >= 0.3 is 0 Å². The smallest absolute Gasteiger partial charge is 0.149 e. The molecule has 1 saturated heterocycles. The Morgan fingerprint density at radius 2 is 2.29 bits per heavy atom. The van der Waals surface area contributed by atoms with E-state index in [9.17, 15) is 4.39 Å². The molecule has 1 heterocycles. The third-order valence-electron chi connectivity index (χ3n) is 2.78. The molecule has 1 aromatic carbocycles. The Labute approximate surface area is 99.5 Å². The van der Waals surface area contributed by atoms with Crippen LogP contribution >= 0.6 is 0 Å². The van der Waals surface area contributed by atoms with Gasteiger partial charge in [0.05, 0.1) is 5.69 Å². The molecule has 0 aromatic heterocycles. The minimum absolute atomic E-state index is 0.180. The van der Waals surface area contributed by atoms with Gasteiger partial charge in [0.25, 0.3) is 0 Å². The summed E-state index contributed by atoms with van der Waals surface area (Å²) in [6.45, 7) is 0.689. The minimum atomic E-state index is -0.447. The fourth-order valence-electron chi connectivity index (χ4n) is 1.93. The highest BCUT2D eigenvalue weighted by Gasteiger charge is 2.17. The summed E-state index contributed by atoms with van der Waals surface area (Å²) in [6.07, 6.45) is 3.86. The van der Waals surface area contributed by atoms with Gasteiger partial charge in [-0.15, -0.1) is 0 Å². The maximum absolute atomic E-state index is 13.8. The normalized spacial score (nSPS) is 19.9. The number of nitrogens with one attached hydrogen (secondary N) is 2. The van der Waals surface area contributed by atoms with Gasteiger partial charge in [0.2, 0.25) is 0 Å². The lowest BCUT2D eigenvalue weighted by Gasteiger charge is -2.25. The molecule has 0 aliphatic carbocycles. The molecule has 2 rings (SSSR count). The lowest BCUT2D eigenvalue weighted by Crippen LogP contribution is -2.28. The van der Waals surface area contributed by atoms with E-state index in [2.05, 4.69) is 5.32 Å². The first-order chi connectivity index (χ1) is 8.20. The van der Waals surface area contributed by atoms with Crippen LogP contribution in [0.3, 0.4) is 0 Å². The molecule has 1 aliphatic rings. The van der Waals surface area contributed by atoms with Gasteiger partial charge in [-0.2, -0.15) is 0 Å². The molecule has 5 heteroatoms. The third kappa shape index (κ3) is 2.74. The fraction of sp³-hybridized carbons (Fsp3) is 0.417. The van der Waals surface area contributed by atoms with Crippen molar-refractivity contribution in [3.05, 3.63) is 23.5 Å². The third-order valence-corrected chi connectivity index (χ3v) is 2.78. The molecule has 0 bridgehead atoms. The van der Waals surface area contributed by atoms with Crippen molar-refractivity contribution in [1.29, 1.82) is 5.41 Å². The highest BCUT2D eigenvalue weighted by Crippen LogP contribution is 2.25. The van der Waals surface area contributed by atoms with Gasteiger partial charge in [-0.1, -0.05) is 0 Å². The summed E-state index contributed by atoms with van der Waals surface area (Å²) >= 11 is 0. The van der Waals surface area contributed by atoms with Gasteiger partial charge in [0.15, 0.2) is 0 Å². The van der Waals surface area contributed by atoms with Crippen LogP contribution in [0, 0.1) is 11.2 Å². The first-order valence-electron chi connectivity index (χ1n) is 5.68. The topological polar surface area (TPSA) is 71.1 Å². The highest BCUT2D eigenvalue weighted by molar-refractivity contribution is 5.87. The zero-order chi connectivity index (χ0) is 12.3. The van der Waals surface area contributed by atoms with Crippen molar-refractivity contribution < 1.29 is 9.13 Å². The average molecular weight is 237 g/mol. The zero-order valence-electron chi connectivity index (χ0n) is 9.50. The molecule has 17 heavy (non-hydrogen) atoms. The number of hydrogen-bond acceptors (Lipinski definition) is 4. The Kier molecular flexibility index (Phi) is 3.58. The van der Waals surface area contributed by atoms with E-state index >= 15 is 0 Å². The van der Waals surface area contributed by atoms with Crippen LogP contribution in [0.4, 0.5) is 15.8 Å². The molecule has 1 atom stereocenters. The lowest BCUT2D eigenvalue weighted by atomic mass is 10.1. The Morgan fingerprint density at radius 1 is 1.47 bits per heavy atom. The number of ether oxygens (including phenoxy) is 1. The maximum Gasteiger partial charge on any atom is 0.149 e. The van der Waals surface area contributed by atoms with E-state index in [4.69, 9.17) is 15.9 Å². The quantitative estimate of drug-likeness (QED) is 0.558. The molecule has 0 spiro atoms. The van der Waals surface area contributed by atoms with Crippen molar-refractivity contribution >= 4 is 17.6 Å². The second-order valence-corrected chi connectivity index (χ2v) is 4.11. The van der Waals surface area contributed by atoms with Crippen LogP contribution in [0.5, 0.6) is 0 Å². The summed E-state index contributed by atoms with van der Waals surface area (Å²) < 4.78 is 19.2. The summed E-state index contributed by atoms with van der Waals surface area (Å²) in [5, 5.41) is 10.3. The maximum atomic E-state index is 13.8. The van der Waals surface area contributed by atoms with Crippen LogP contribution in [0.25, 0.3) is 0 Å². The van der Waals surface area contributed by atoms with Gasteiger partial charge < -0.3 is 21.2 Å². The van der Waals surface area contributed by atoms with Crippen LogP contribution < -0.4 is 11.1 Å². The highest BCUT2D eigenvalue weighted by atomic mass is 19.1. The molecular formula is C12H16FN3O. The molecule has 92 valence electrons.